The first-order chi connectivity index (χ1) is 20.4. The highest BCUT2D eigenvalue weighted by atomic mass is 32.1. The van der Waals surface area contributed by atoms with Crippen LogP contribution in [-0.4, -0.2) is 32.9 Å². The smallest absolute Gasteiger partial charge is 0.338 e. The minimum Gasteiger partial charge on any atom is -0.449 e. The molecule has 6 aromatic rings. The van der Waals surface area contributed by atoms with Gasteiger partial charge in [-0.05, 0) is 49.4 Å². The lowest BCUT2D eigenvalue weighted by molar-refractivity contribution is -0.123. The molecule has 2 heterocycles. The number of anilines is 1. The van der Waals surface area contributed by atoms with Crippen LogP contribution in [-0.2, 0) is 9.53 Å². The summed E-state index contributed by atoms with van der Waals surface area (Å²) in [5.74, 6) is -1.53. The predicted molar refractivity (Wildman–Crippen MR) is 161 cm³/mol. The number of rotatable bonds is 7. The molecule has 2 aromatic heterocycles. The third-order valence-corrected chi connectivity index (χ3v) is 7.28. The summed E-state index contributed by atoms with van der Waals surface area (Å²) in [6.45, 7) is 1.49. The third kappa shape index (κ3) is 5.77. The molecule has 0 aliphatic heterocycles. The summed E-state index contributed by atoms with van der Waals surface area (Å²) in [4.78, 5) is 39.9. The van der Waals surface area contributed by atoms with E-state index >= 15 is 0 Å². The van der Waals surface area contributed by atoms with Crippen LogP contribution in [0, 0.1) is 5.82 Å². The standard InChI is InChI=1S/C33H23FN4O3S/c1-20(31(39)38-33-37-28(19-42-33)21-12-15-25(34)16-13-21)41-32(40)24-14-17-26-27(18-24)36-30(23-10-6-3-7-11-23)29(35-26)22-8-4-2-5-9-22/h2-20H,1H3,(H,37,38,39). The Morgan fingerprint density at radius 3 is 2.02 bits per heavy atom. The number of esters is 1. The van der Waals surface area contributed by atoms with E-state index in [-0.39, 0.29) is 11.4 Å². The molecule has 0 aliphatic carbocycles. The summed E-state index contributed by atoms with van der Waals surface area (Å²) in [5, 5.41) is 4.76. The lowest BCUT2D eigenvalue weighted by Gasteiger charge is -2.13. The highest BCUT2D eigenvalue weighted by Gasteiger charge is 2.21. The van der Waals surface area contributed by atoms with E-state index in [1.807, 2.05) is 60.7 Å². The van der Waals surface area contributed by atoms with Crippen molar-refractivity contribution in [2.75, 3.05) is 5.32 Å². The number of hydrogen-bond donors (Lipinski definition) is 1. The van der Waals surface area contributed by atoms with Gasteiger partial charge in [-0.15, -0.1) is 11.3 Å². The van der Waals surface area contributed by atoms with Crippen molar-refractivity contribution in [3.63, 3.8) is 0 Å². The molecule has 0 saturated carbocycles. The lowest BCUT2D eigenvalue weighted by Crippen LogP contribution is -2.30. The Morgan fingerprint density at radius 1 is 0.762 bits per heavy atom. The Morgan fingerprint density at radius 2 is 1.38 bits per heavy atom. The average molecular weight is 575 g/mol. The number of thiazole rings is 1. The van der Waals surface area contributed by atoms with Gasteiger partial charge in [0.15, 0.2) is 11.2 Å². The van der Waals surface area contributed by atoms with Crippen LogP contribution >= 0.6 is 11.3 Å². The summed E-state index contributed by atoms with van der Waals surface area (Å²) >= 11 is 1.22. The molecule has 0 fully saturated rings. The number of halogens is 1. The Bertz CT molecular complexity index is 1890. The van der Waals surface area contributed by atoms with Crippen molar-refractivity contribution >= 4 is 39.4 Å². The highest BCUT2D eigenvalue weighted by molar-refractivity contribution is 7.14. The summed E-state index contributed by atoms with van der Waals surface area (Å²) in [6, 6.07) is 30.4. The maximum Gasteiger partial charge on any atom is 0.338 e. The van der Waals surface area contributed by atoms with E-state index < -0.39 is 18.0 Å². The van der Waals surface area contributed by atoms with Gasteiger partial charge in [0.25, 0.3) is 5.91 Å². The molecule has 0 saturated heterocycles. The first kappa shape index (κ1) is 26.9. The molecular formula is C33H23FN4O3S. The fourth-order valence-corrected chi connectivity index (χ4v) is 5.07. The first-order valence-electron chi connectivity index (χ1n) is 13.1. The highest BCUT2D eigenvalue weighted by Crippen LogP contribution is 2.31. The number of aromatic nitrogens is 3. The quantitative estimate of drug-likeness (QED) is 0.200. The fourth-order valence-electron chi connectivity index (χ4n) is 4.35. The number of hydrogen-bond acceptors (Lipinski definition) is 7. The van der Waals surface area contributed by atoms with Crippen LogP contribution in [0.4, 0.5) is 9.52 Å². The second-order valence-electron chi connectivity index (χ2n) is 9.44. The molecule has 1 unspecified atom stereocenters. The third-order valence-electron chi connectivity index (χ3n) is 6.52. The van der Waals surface area contributed by atoms with Gasteiger partial charge in [-0.2, -0.15) is 0 Å². The molecule has 0 aliphatic rings. The van der Waals surface area contributed by atoms with Crippen molar-refractivity contribution in [1.29, 1.82) is 0 Å². The van der Waals surface area contributed by atoms with Crippen LogP contribution in [0.1, 0.15) is 17.3 Å². The summed E-state index contributed by atoms with van der Waals surface area (Å²) in [5.41, 5.74) is 5.97. The lowest BCUT2D eigenvalue weighted by atomic mass is 10.0. The van der Waals surface area contributed by atoms with Crippen molar-refractivity contribution in [2.45, 2.75) is 13.0 Å². The second kappa shape index (κ2) is 11.7. The Labute approximate surface area is 244 Å². The van der Waals surface area contributed by atoms with Gasteiger partial charge in [-0.25, -0.2) is 24.1 Å². The van der Waals surface area contributed by atoms with Gasteiger partial charge >= 0.3 is 5.97 Å². The fraction of sp³-hybridized carbons (Fsp3) is 0.0606. The topological polar surface area (TPSA) is 94.1 Å². The van der Waals surface area contributed by atoms with Crippen LogP contribution in [0.2, 0.25) is 0 Å². The monoisotopic (exact) mass is 574 g/mol. The molecule has 0 bridgehead atoms. The maximum absolute atomic E-state index is 13.2. The number of benzene rings is 4. The minimum absolute atomic E-state index is 0.246. The van der Waals surface area contributed by atoms with E-state index in [4.69, 9.17) is 14.7 Å². The van der Waals surface area contributed by atoms with E-state index in [0.29, 0.717) is 27.6 Å². The number of amides is 1. The molecular weight excluding hydrogens is 551 g/mol. The van der Waals surface area contributed by atoms with E-state index in [0.717, 1.165) is 22.4 Å². The molecule has 0 spiro atoms. The minimum atomic E-state index is -1.09. The molecule has 1 N–H and O–H groups in total. The van der Waals surface area contributed by atoms with Gasteiger partial charge in [-0.1, -0.05) is 60.7 Å². The summed E-state index contributed by atoms with van der Waals surface area (Å²) < 4.78 is 18.7. The van der Waals surface area contributed by atoms with Gasteiger partial charge in [0.2, 0.25) is 0 Å². The van der Waals surface area contributed by atoms with Crippen molar-refractivity contribution in [3.05, 3.63) is 120 Å². The van der Waals surface area contributed by atoms with Crippen LogP contribution in [0.3, 0.4) is 0 Å². The van der Waals surface area contributed by atoms with Gasteiger partial charge in [0, 0.05) is 22.1 Å². The molecule has 1 amide bonds. The van der Waals surface area contributed by atoms with Gasteiger partial charge in [0.05, 0.1) is 33.7 Å². The van der Waals surface area contributed by atoms with Gasteiger partial charge in [0.1, 0.15) is 5.82 Å². The molecule has 6 rings (SSSR count). The zero-order valence-corrected chi connectivity index (χ0v) is 23.1. The van der Waals surface area contributed by atoms with Crippen molar-refractivity contribution in [2.24, 2.45) is 0 Å². The van der Waals surface area contributed by atoms with E-state index in [2.05, 4.69) is 10.3 Å². The number of nitrogens with zero attached hydrogens (tertiary/aromatic N) is 3. The zero-order chi connectivity index (χ0) is 29.1. The number of fused-ring (bicyclic) bond motifs is 1. The molecule has 1 atom stereocenters. The number of carbonyl (C=O) groups excluding carboxylic acids is 2. The predicted octanol–water partition coefficient (Wildman–Crippen LogP) is 7.41. The molecule has 7 nitrogen and oxygen atoms in total. The van der Waals surface area contributed by atoms with E-state index in [9.17, 15) is 14.0 Å². The number of carbonyl (C=O) groups is 2. The zero-order valence-electron chi connectivity index (χ0n) is 22.3. The van der Waals surface area contributed by atoms with E-state index in [1.54, 1.807) is 35.7 Å². The number of nitrogens with one attached hydrogen (secondary N) is 1. The van der Waals surface area contributed by atoms with Crippen molar-refractivity contribution in [3.8, 4) is 33.8 Å². The Kier molecular flexibility index (Phi) is 7.49. The van der Waals surface area contributed by atoms with Crippen LogP contribution < -0.4 is 5.32 Å². The molecule has 9 heteroatoms. The summed E-state index contributed by atoms with van der Waals surface area (Å²) in [6.07, 6.45) is -1.09. The normalized spacial score (nSPS) is 11.7. The Balaban J connectivity index is 1.20. The average Bonchev–Trinajstić information content (AvgIpc) is 3.49. The number of ether oxygens (including phenoxy) is 1. The van der Waals surface area contributed by atoms with Gasteiger partial charge < -0.3 is 4.74 Å². The van der Waals surface area contributed by atoms with Gasteiger partial charge in [-0.3, -0.25) is 10.1 Å². The maximum atomic E-state index is 13.2. The largest absolute Gasteiger partial charge is 0.449 e. The van der Waals surface area contributed by atoms with Crippen molar-refractivity contribution in [1.82, 2.24) is 15.0 Å². The second-order valence-corrected chi connectivity index (χ2v) is 10.3. The van der Waals surface area contributed by atoms with Crippen LogP contribution in [0.5, 0.6) is 0 Å². The first-order valence-corrected chi connectivity index (χ1v) is 14.0. The Hall–Kier alpha value is -5.28. The van der Waals surface area contributed by atoms with Crippen LogP contribution in [0.25, 0.3) is 44.8 Å². The molecule has 42 heavy (non-hydrogen) atoms. The van der Waals surface area contributed by atoms with Crippen LogP contribution in [0.15, 0.2) is 109 Å². The summed E-state index contributed by atoms with van der Waals surface area (Å²) in [7, 11) is 0. The van der Waals surface area contributed by atoms with E-state index in [1.165, 1.54) is 30.4 Å². The SMILES string of the molecule is CC(OC(=O)c1ccc2nc(-c3ccccc3)c(-c3ccccc3)nc2c1)C(=O)Nc1nc(-c2ccc(F)cc2)cs1. The molecule has 4 aromatic carbocycles. The molecule has 206 valence electrons. The molecule has 0 radical (unpaired) electrons. The van der Waals surface area contributed by atoms with Crippen molar-refractivity contribution < 1.29 is 18.7 Å².